The molecule has 60 valence electrons. The second-order valence-electron chi connectivity index (χ2n) is 3.52. The van der Waals surface area contributed by atoms with Crippen LogP contribution in [0.1, 0.15) is 20.8 Å². The van der Waals surface area contributed by atoms with Crippen LogP contribution in [-0.2, 0) is 0 Å². The summed E-state index contributed by atoms with van der Waals surface area (Å²) >= 11 is 0. The highest BCUT2D eigenvalue weighted by Gasteiger charge is 2.13. The van der Waals surface area contributed by atoms with Crippen LogP contribution in [0.5, 0.6) is 0 Å². The molecule has 11 heavy (non-hydrogen) atoms. The minimum Gasteiger partial charge on any atom is -0.207 e. The normalized spacial score (nSPS) is 22.2. The monoisotopic (exact) mass is 152 g/mol. The van der Waals surface area contributed by atoms with Crippen LogP contribution in [-0.4, -0.2) is 0 Å². The molecule has 0 aromatic rings. The van der Waals surface area contributed by atoms with E-state index in [0.29, 0.717) is 0 Å². The molecule has 0 aromatic carbocycles. The largest absolute Gasteiger partial charge is 0.207 e. The molecule has 1 aliphatic rings. The van der Waals surface area contributed by atoms with Gasteiger partial charge in [-0.1, -0.05) is 32.1 Å². The Morgan fingerprint density at radius 2 is 2.00 bits per heavy atom. The summed E-state index contributed by atoms with van der Waals surface area (Å²) in [6.07, 6.45) is 7.19. The summed E-state index contributed by atoms with van der Waals surface area (Å²) in [4.78, 5) is 0. The standard InChI is InChI=1S/C10H13F/c1-8-7-10(2,3)6-4-5-9(8)11/h4-7H,1-3H3. The minimum atomic E-state index is -0.133. The lowest BCUT2D eigenvalue weighted by atomic mass is 9.91. The molecule has 0 nitrogen and oxygen atoms in total. The Balaban J connectivity index is 3.03. The molecule has 0 atom stereocenters. The van der Waals surface area contributed by atoms with E-state index in [2.05, 4.69) is 13.8 Å². The predicted molar refractivity (Wildman–Crippen MR) is 45.9 cm³/mol. The van der Waals surface area contributed by atoms with Gasteiger partial charge in [0.25, 0.3) is 0 Å². The fourth-order valence-electron chi connectivity index (χ4n) is 1.19. The van der Waals surface area contributed by atoms with Crippen molar-refractivity contribution < 1.29 is 4.39 Å². The molecule has 0 heterocycles. The van der Waals surface area contributed by atoms with Gasteiger partial charge in [0.1, 0.15) is 5.83 Å². The maximum atomic E-state index is 12.9. The Hall–Kier alpha value is -0.850. The molecule has 0 unspecified atom stereocenters. The summed E-state index contributed by atoms with van der Waals surface area (Å²) in [6.45, 7) is 5.90. The maximum Gasteiger partial charge on any atom is 0.125 e. The van der Waals surface area contributed by atoms with Crippen molar-refractivity contribution in [2.45, 2.75) is 20.8 Å². The second kappa shape index (κ2) is 2.65. The summed E-state index contributed by atoms with van der Waals surface area (Å²) in [5.74, 6) is -0.133. The van der Waals surface area contributed by atoms with E-state index in [1.54, 1.807) is 13.0 Å². The van der Waals surface area contributed by atoms with Crippen LogP contribution in [0.2, 0.25) is 0 Å². The summed E-state index contributed by atoms with van der Waals surface area (Å²) in [5.41, 5.74) is 0.703. The Morgan fingerprint density at radius 1 is 1.36 bits per heavy atom. The molecule has 0 spiro atoms. The zero-order chi connectivity index (χ0) is 8.48. The highest BCUT2D eigenvalue weighted by Crippen LogP contribution is 2.26. The minimum absolute atomic E-state index is 0.0194. The van der Waals surface area contributed by atoms with Crippen molar-refractivity contribution in [3.05, 3.63) is 35.7 Å². The highest BCUT2D eigenvalue weighted by molar-refractivity contribution is 5.33. The first-order chi connectivity index (χ1) is 5.01. The van der Waals surface area contributed by atoms with E-state index in [0.717, 1.165) is 5.57 Å². The molecular formula is C10H13F. The molecule has 0 aromatic heterocycles. The van der Waals surface area contributed by atoms with E-state index in [-0.39, 0.29) is 11.2 Å². The van der Waals surface area contributed by atoms with Crippen molar-refractivity contribution in [1.82, 2.24) is 0 Å². The third-order valence-electron chi connectivity index (χ3n) is 1.73. The lowest BCUT2D eigenvalue weighted by molar-refractivity contribution is 0.609. The summed E-state index contributed by atoms with van der Waals surface area (Å²) in [5, 5.41) is 0. The van der Waals surface area contributed by atoms with Gasteiger partial charge in [0.05, 0.1) is 0 Å². The van der Waals surface area contributed by atoms with Gasteiger partial charge in [0.2, 0.25) is 0 Å². The fraction of sp³-hybridized carbons (Fsp3) is 0.400. The highest BCUT2D eigenvalue weighted by atomic mass is 19.1. The van der Waals surface area contributed by atoms with Crippen molar-refractivity contribution in [2.24, 2.45) is 5.41 Å². The third-order valence-corrected chi connectivity index (χ3v) is 1.73. The van der Waals surface area contributed by atoms with Crippen LogP contribution in [0.25, 0.3) is 0 Å². The van der Waals surface area contributed by atoms with Crippen LogP contribution >= 0.6 is 0 Å². The van der Waals surface area contributed by atoms with E-state index in [4.69, 9.17) is 0 Å². The van der Waals surface area contributed by atoms with Gasteiger partial charge in [0, 0.05) is 5.41 Å². The molecule has 0 saturated carbocycles. The number of hydrogen-bond donors (Lipinski definition) is 0. The van der Waals surface area contributed by atoms with Gasteiger partial charge in [-0.2, -0.15) is 0 Å². The van der Waals surface area contributed by atoms with Gasteiger partial charge >= 0.3 is 0 Å². The topological polar surface area (TPSA) is 0 Å². The first-order valence-electron chi connectivity index (χ1n) is 3.76. The van der Waals surface area contributed by atoms with Crippen molar-refractivity contribution in [3.63, 3.8) is 0 Å². The SMILES string of the molecule is CC1=CC(C)(C)C=CC=C1F. The van der Waals surface area contributed by atoms with Crippen LogP contribution in [0.3, 0.4) is 0 Å². The zero-order valence-electron chi connectivity index (χ0n) is 7.19. The maximum absolute atomic E-state index is 12.9. The van der Waals surface area contributed by atoms with Crippen molar-refractivity contribution in [1.29, 1.82) is 0 Å². The number of hydrogen-bond acceptors (Lipinski definition) is 0. The third kappa shape index (κ3) is 2.04. The van der Waals surface area contributed by atoms with Crippen LogP contribution in [0.15, 0.2) is 35.7 Å². The average molecular weight is 152 g/mol. The molecule has 1 heteroatoms. The predicted octanol–water partition coefficient (Wildman–Crippen LogP) is 3.38. The Morgan fingerprint density at radius 3 is 2.64 bits per heavy atom. The second-order valence-corrected chi connectivity index (χ2v) is 3.52. The number of allylic oxidation sites excluding steroid dienone is 6. The first-order valence-corrected chi connectivity index (χ1v) is 3.76. The molecule has 0 radical (unpaired) electrons. The van der Waals surface area contributed by atoms with Crippen molar-refractivity contribution in [2.75, 3.05) is 0 Å². The van der Waals surface area contributed by atoms with Gasteiger partial charge < -0.3 is 0 Å². The average Bonchev–Trinajstić information content (AvgIpc) is 1.93. The molecular weight excluding hydrogens is 139 g/mol. The molecule has 0 fully saturated rings. The lowest BCUT2D eigenvalue weighted by Gasteiger charge is -2.13. The quantitative estimate of drug-likeness (QED) is 0.499. The van der Waals surface area contributed by atoms with Gasteiger partial charge in [-0.15, -0.1) is 0 Å². The van der Waals surface area contributed by atoms with Gasteiger partial charge in [-0.25, -0.2) is 4.39 Å². The van der Waals surface area contributed by atoms with E-state index >= 15 is 0 Å². The molecule has 0 saturated heterocycles. The molecule has 0 amide bonds. The van der Waals surface area contributed by atoms with Crippen LogP contribution in [0.4, 0.5) is 4.39 Å². The van der Waals surface area contributed by atoms with Gasteiger partial charge in [0.15, 0.2) is 0 Å². The van der Waals surface area contributed by atoms with Crippen LogP contribution < -0.4 is 0 Å². The summed E-state index contributed by atoms with van der Waals surface area (Å²) in [7, 11) is 0. The van der Waals surface area contributed by atoms with Gasteiger partial charge in [-0.3, -0.25) is 0 Å². The molecule has 0 N–H and O–H groups in total. The van der Waals surface area contributed by atoms with E-state index in [1.807, 2.05) is 12.2 Å². The molecule has 1 rings (SSSR count). The summed E-state index contributed by atoms with van der Waals surface area (Å²) < 4.78 is 12.9. The Kier molecular flexibility index (Phi) is 1.99. The van der Waals surface area contributed by atoms with Crippen molar-refractivity contribution >= 4 is 0 Å². The molecule has 0 aliphatic heterocycles. The number of halogens is 1. The Labute approximate surface area is 67.1 Å². The Bertz CT molecular complexity index is 242. The fourth-order valence-corrected chi connectivity index (χ4v) is 1.19. The summed E-state index contributed by atoms with van der Waals surface area (Å²) in [6, 6.07) is 0. The smallest absolute Gasteiger partial charge is 0.125 e. The van der Waals surface area contributed by atoms with Crippen molar-refractivity contribution in [3.8, 4) is 0 Å². The molecule has 0 bridgehead atoms. The van der Waals surface area contributed by atoms with Crippen LogP contribution in [0, 0.1) is 5.41 Å². The van der Waals surface area contributed by atoms with Gasteiger partial charge in [-0.05, 0) is 18.6 Å². The lowest BCUT2D eigenvalue weighted by Crippen LogP contribution is -2.02. The molecule has 1 aliphatic carbocycles. The van der Waals surface area contributed by atoms with E-state index in [9.17, 15) is 4.39 Å². The zero-order valence-corrected chi connectivity index (χ0v) is 7.19. The van der Waals surface area contributed by atoms with E-state index in [1.165, 1.54) is 6.08 Å². The van der Waals surface area contributed by atoms with E-state index < -0.39 is 0 Å². The first kappa shape index (κ1) is 8.25. The number of rotatable bonds is 0.